The molecule has 0 unspecified atom stereocenters. The number of carboxylic acids is 1. The van der Waals surface area contributed by atoms with Crippen molar-refractivity contribution in [3.63, 3.8) is 0 Å². The van der Waals surface area contributed by atoms with Gasteiger partial charge in [0.2, 0.25) is 0 Å². The van der Waals surface area contributed by atoms with Gasteiger partial charge in [-0.1, -0.05) is 0 Å². The number of ether oxygens (including phenoxy) is 1. The van der Waals surface area contributed by atoms with Crippen LogP contribution in [0.3, 0.4) is 0 Å². The summed E-state index contributed by atoms with van der Waals surface area (Å²) in [5.74, 6) is -0.536. The third kappa shape index (κ3) is 1.95. The first kappa shape index (κ1) is 11.1. The molecule has 1 aromatic heterocycles. The lowest BCUT2D eigenvalue weighted by molar-refractivity contribution is -0.152. The van der Waals surface area contributed by atoms with E-state index in [2.05, 4.69) is 4.98 Å². The van der Waals surface area contributed by atoms with Crippen molar-refractivity contribution in [2.24, 2.45) is 5.92 Å². The highest BCUT2D eigenvalue weighted by atomic mass is 16.5. The van der Waals surface area contributed by atoms with E-state index >= 15 is 0 Å². The Morgan fingerprint density at radius 1 is 1.75 bits per heavy atom. The molecule has 0 bridgehead atoms. The van der Waals surface area contributed by atoms with Gasteiger partial charge in [-0.25, -0.2) is 4.98 Å². The van der Waals surface area contributed by atoms with E-state index in [1.54, 1.807) is 6.20 Å². The van der Waals surface area contributed by atoms with E-state index in [0.29, 0.717) is 13.0 Å². The third-order valence-corrected chi connectivity index (χ3v) is 2.98. The molecule has 0 saturated carbocycles. The Balaban J connectivity index is 2.26. The number of aryl methyl sites for hydroxylation is 1. The van der Waals surface area contributed by atoms with Crippen LogP contribution in [0.1, 0.15) is 31.7 Å². The zero-order valence-electron chi connectivity index (χ0n) is 9.30. The van der Waals surface area contributed by atoms with Crippen molar-refractivity contribution in [3.05, 3.63) is 18.2 Å². The minimum atomic E-state index is -0.796. The van der Waals surface area contributed by atoms with Gasteiger partial charge in [0.05, 0.1) is 5.92 Å². The molecule has 5 heteroatoms. The van der Waals surface area contributed by atoms with Crippen LogP contribution in [0.2, 0.25) is 0 Å². The van der Waals surface area contributed by atoms with E-state index in [1.165, 1.54) is 0 Å². The molecule has 2 atom stereocenters. The van der Waals surface area contributed by atoms with Gasteiger partial charge in [-0.15, -0.1) is 0 Å². The zero-order chi connectivity index (χ0) is 11.5. The van der Waals surface area contributed by atoms with Crippen LogP contribution in [0.5, 0.6) is 0 Å². The smallest absolute Gasteiger partial charge is 0.309 e. The van der Waals surface area contributed by atoms with Crippen molar-refractivity contribution >= 4 is 5.97 Å². The summed E-state index contributed by atoms with van der Waals surface area (Å²) in [6.07, 6.45) is 4.61. The first-order valence-corrected chi connectivity index (χ1v) is 5.59. The number of carbonyl (C=O) groups is 1. The van der Waals surface area contributed by atoms with Crippen LogP contribution in [-0.4, -0.2) is 27.2 Å². The Hall–Kier alpha value is -1.36. The average molecular weight is 224 g/mol. The molecule has 1 aliphatic rings. The van der Waals surface area contributed by atoms with E-state index in [9.17, 15) is 4.79 Å². The van der Waals surface area contributed by atoms with Gasteiger partial charge in [-0.3, -0.25) is 4.79 Å². The molecule has 0 aromatic carbocycles. The van der Waals surface area contributed by atoms with Crippen LogP contribution in [0.4, 0.5) is 0 Å². The highest BCUT2D eigenvalue weighted by Gasteiger charge is 2.35. The number of aliphatic carboxylic acids is 1. The Morgan fingerprint density at radius 3 is 3.25 bits per heavy atom. The first-order valence-electron chi connectivity index (χ1n) is 5.59. The minimum absolute atomic E-state index is 0.402. The van der Waals surface area contributed by atoms with Gasteiger partial charge in [0.25, 0.3) is 0 Å². The summed E-state index contributed by atoms with van der Waals surface area (Å²) in [6.45, 7) is 3.40. The van der Waals surface area contributed by atoms with Gasteiger partial charge >= 0.3 is 5.97 Å². The van der Waals surface area contributed by atoms with Crippen molar-refractivity contribution in [3.8, 4) is 0 Å². The Morgan fingerprint density at radius 2 is 2.56 bits per heavy atom. The van der Waals surface area contributed by atoms with Crippen molar-refractivity contribution in [1.82, 2.24) is 9.55 Å². The lowest BCUT2D eigenvalue weighted by Gasteiger charge is -2.28. The van der Waals surface area contributed by atoms with Gasteiger partial charge in [0, 0.05) is 25.5 Å². The summed E-state index contributed by atoms with van der Waals surface area (Å²) >= 11 is 0. The SMILES string of the molecule is CCn1ccnc1[C@@H]1OCCC[C@H]1C(=O)O. The number of aromatic nitrogens is 2. The van der Waals surface area contributed by atoms with Crippen molar-refractivity contribution in [2.45, 2.75) is 32.4 Å². The number of nitrogens with zero attached hydrogens (tertiary/aromatic N) is 2. The summed E-state index contributed by atoms with van der Waals surface area (Å²) in [5, 5.41) is 9.15. The minimum Gasteiger partial charge on any atom is -0.481 e. The zero-order valence-corrected chi connectivity index (χ0v) is 9.30. The molecule has 0 aliphatic carbocycles. The van der Waals surface area contributed by atoms with Crippen molar-refractivity contribution in [1.29, 1.82) is 0 Å². The maximum atomic E-state index is 11.1. The average Bonchev–Trinajstić information content (AvgIpc) is 2.76. The van der Waals surface area contributed by atoms with Gasteiger partial charge < -0.3 is 14.4 Å². The van der Waals surface area contributed by atoms with E-state index in [4.69, 9.17) is 9.84 Å². The number of rotatable bonds is 3. The fourth-order valence-corrected chi connectivity index (χ4v) is 2.13. The van der Waals surface area contributed by atoms with E-state index < -0.39 is 18.0 Å². The molecule has 0 amide bonds. The summed E-state index contributed by atoms with van der Waals surface area (Å²) in [4.78, 5) is 15.4. The molecule has 1 saturated heterocycles. The molecule has 0 spiro atoms. The van der Waals surface area contributed by atoms with Gasteiger partial charge in [-0.05, 0) is 19.8 Å². The molecule has 5 nitrogen and oxygen atoms in total. The molecule has 2 heterocycles. The maximum absolute atomic E-state index is 11.1. The van der Waals surface area contributed by atoms with E-state index in [1.807, 2.05) is 17.7 Å². The van der Waals surface area contributed by atoms with Gasteiger partial charge in [-0.2, -0.15) is 0 Å². The molecular formula is C11H16N2O3. The molecule has 88 valence electrons. The lowest BCUT2D eigenvalue weighted by Crippen LogP contribution is -2.30. The van der Waals surface area contributed by atoms with Crippen LogP contribution in [0, 0.1) is 5.92 Å². The Labute approximate surface area is 94.1 Å². The van der Waals surface area contributed by atoms with E-state index in [-0.39, 0.29) is 0 Å². The summed E-state index contributed by atoms with van der Waals surface area (Å²) in [7, 11) is 0. The van der Waals surface area contributed by atoms with Gasteiger partial charge in [0.15, 0.2) is 0 Å². The fourth-order valence-electron chi connectivity index (χ4n) is 2.13. The van der Waals surface area contributed by atoms with Crippen LogP contribution < -0.4 is 0 Å². The molecular weight excluding hydrogens is 208 g/mol. The molecule has 16 heavy (non-hydrogen) atoms. The Kier molecular flexibility index (Phi) is 3.24. The van der Waals surface area contributed by atoms with Crippen molar-refractivity contribution in [2.75, 3.05) is 6.61 Å². The van der Waals surface area contributed by atoms with Crippen LogP contribution in [-0.2, 0) is 16.1 Å². The Bertz CT molecular complexity index is 375. The molecule has 1 N–H and O–H groups in total. The number of hydrogen-bond acceptors (Lipinski definition) is 3. The van der Waals surface area contributed by atoms with Crippen LogP contribution in [0.25, 0.3) is 0 Å². The largest absolute Gasteiger partial charge is 0.481 e. The second kappa shape index (κ2) is 4.65. The molecule has 1 fully saturated rings. The molecule has 2 rings (SSSR count). The highest BCUT2D eigenvalue weighted by molar-refractivity contribution is 5.71. The summed E-state index contributed by atoms with van der Waals surface area (Å²) < 4.78 is 7.51. The second-order valence-electron chi connectivity index (χ2n) is 3.95. The number of carboxylic acid groups (broad SMARTS) is 1. The van der Waals surface area contributed by atoms with Crippen LogP contribution >= 0.6 is 0 Å². The molecule has 1 aliphatic heterocycles. The lowest BCUT2D eigenvalue weighted by atomic mass is 9.94. The van der Waals surface area contributed by atoms with Gasteiger partial charge in [0.1, 0.15) is 11.9 Å². The quantitative estimate of drug-likeness (QED) is 0.844. The maximum Gasteiger partial charge on any atom is 0.309 e. The van der Waals surface area contributed by atoms with Crippen molar-refractivity contribution < 1.29 is 14.6 Å². The molecule has 0 radical (unpaired) electrons. The molecule has 1 aromatic rings. The highest BCUT2D eigenvalue weighted by Crippen LogP contribution is 2.32. The standard InChI is InChI=1S/C11H16N2O3/c1-2-13-6-5-12-10(13)9-8(11(14)15)4-3-7-16-9/h5-6,8-9H,2-4,7H2,1H3,(H,14,15)/t8-,9-/m1/s1. The first-order chi connectivity index (χ1) is 7.74. The number of hydrogen-bond donors (Lipinski definition) is 1. The van der Waals surface area contributed by atoms with Crippen LogP contribution in [0.15, 0.2) is 12.4 Å². The fraction of sp³-hybridized carbons (Fsp3) is 0.636. The summed E-state index contributed by atoms with van der Waals surface area (Å²) in [6, 6.07) is 0. The topological polar surface area (TPSA) is 64.4 Å². The monoisotopic (exact) mass is 224 g/mol. The number of imidazole rings is 1. The third-order valence-electron chi connectivity index (χ3n) is 2.98. The predicted molar refractivity (Wildman–Crippen MR) is 57.0 cm³/mol. The predicted octanol–water partition coefficient (Wildman–Crippen LogP) is 1.46. The van der Waals surface area contributed by atoms with E-state index in [0.717, 1.165) is 18.8 Å². The second-order valence-corrected chi connectivity index (χ2v) is 3.95. The summed E-state index contributed by atoms with van der Waals surface area (Å²) in [5.41, 5.74) is 0. The normalized spacial score (nSPS) is 25.6.